The summed E-state index contributed by atoms with van der Waals surface area (Å²) in [5.74, 6) is -0.619. The molecule has 2 rings (SSSR count). The van der Waals surface area contributed by atoms with E-state index in [1.54, 1.807) is 25.3 Å². The summed E-state index contributed by atoms with van der Waals surface area (Å²) in [5.41, 5.74) is 1.55. The molecule has 0 fully saturated rings. The van der Waals surface area contributed by atoms with Crippen molar-refractivity contribution in [2.75, 3.05) is 12.8 Å². The fourth-order valence-corrected chi connectivity index (χ4v) is 3.11. The van der Waals surface area contributed by atoms with Gasteiger partial charge in [0.15, 0.2) is 6.10 Å². The number of esters is 1. The fraction of sp³-hybridized carbons (Fsp3) is 0.350. The summed E-state index contributed by atoms with van der Waals surface area (Å²) in [6, 6.07) is 13.4. The number of ether oxygens (including phenoxy) is 1. The van der Waals surface area contributed by atoms with Gasteiger partial charge in [0.1, 0.15) is 5.03 Å². The molecule has 2 aromatic rings. The van der Waals surface area contributed by atoms with Crippen molar-refractivity contribution in [2.24, 2.45) is 0 Å². The van der Waals surface area contributed by atoms with Crippen LogP contribution in [0.1, 0.15) is 42.1 Å². The maximum atomic E-state index is 12.3. The summed E-state index contributed by atoms with van der Waals surface area (Å²) in [6.07, 6.45) is 3.49. The molecule has 1 amide bonds. The third-order valence-electron chi connectivity index (χ3n) is 4.12. The summed E-state index contributed by atoms with van der Waals surface area (Å²) in [4.78, 5) is 28.7. The molecule has 0 radical (unpaired) electrons. The summed E-state index contributed by atoms with van der Waals surface area (Å²) in [6.45, 7) is 4.16. The van der Waals surface area contributed by atoms with Gasteiger partial charge in [0.2, 0.25) is 0 Å². The Labute approximate surface area is 158 Å². The number of rotatable bonds is 8. The number of nitrogens with one attached hydrogen (secondary N) is 1. The third-order valence-corrected chi connectivity index (χ3v) is 4.84. The van der Waals surface area contributed by atoms with Crippen LogP contribution in [0.2, 0.25) is 0 Å². The first kappa shape index (κ1) is 20.0. The molecular formula is C20H24N2O3S. The Bertz CT molecular complexity index is 737. The van der Waals surface area contributed by atoms with E-state index in [1.807, 2.05) is 24.5 Å². The van der Waals surface area contributed by atoms with Gasteiger partial charge in [-0.15, -0.1) is 11.8 Å². The average Bonchev–Trinajstić information content (AvgIpc) is 2.68. The second kappa shape index (κ2) is 9.97. The molecule has 1 aromatic heterocycles. The number of thioether (sulfide) groups is 1. The highest BCUT2D eigenvalue weighted by Crippen LogP contribution is 2.19. The van der Waals surface area contributed by atoms with Crippen molar-refractivity contribution in [3.8, 4) is 0 Å². The minimum absolute atomic E-state index is 0.226. The van der Waals surface area contributed by atoms with E-state index in [2.05, 4.69) is 29.4 Å². The summed E-state index contributed by atoms with van der Waals surface area (Å²) >= 11 is 1.36. The van der Waals surface area contributed by atoms with Gasteiger partial charge in [-0.3, -0.25) is 4.79 Å². The maximum Gasteiger partial charge on any atom is 0.341 e. The van der Waals surface area contributed by atoms with Gasteiger partial charge in [0.05, 0.1) is 5.56 Å². The van der Waals surface area contributed by atoms with E-state index in [9.17, 15) is 9.59 Å². The van der Waals surface area contributed by atoms with Crippen molar-refractivity contribution in [3.63, 3.8) is 0 Å². The first-order chi connectivity index (χ1) is 12.6. The number of pyridine rings is 1. The number of benzene rings is 1. The van der Waals surface area contributed by atoms with Crippen LogP contribution in [0.25, 0.3) is 0 Å². The van der Waals surface area contributed by atoms with Crippen molar-refractivity contribution in [1.29, 1.82) is 0 Å². The highest BCUT2D eigenvalue weighted by Gasteiger charge is 2.21. The summed E-state index contributed by atoms with van der Waals surface area (Å²) in [7, 11) is 0. The molecule has 0 aliphatic heterocycles. The first-order valence-corrected chi connectivity index (χ1v) is 9.81. The molecule has 6 heteroatoms. The average molecular weight is 372 g/mol. The Hall–Kier alpha value is -2.34. The van der Waals surface area contributed by atoms with Crippen LogP contribution in [0.15, 0.2) is 53.7 Å². The van der Waals surface area contributed by atoms with E-state index in [-0.39, 0.29) is 11.8 Å². The Morgan fingerprint density at radius 1 is 1.19 bits per heavy atom. The molecule has 0 saturated carbocycles. The minimum atomic E-state index is -0.870. The fourth-order valence-electron chi connectivity index (χ4n) is 2.58. The molecule has 0 spiro atoms. The zero-order valence-electron chi connectivity index (χ0n) is 15.3. The maximum absolute atomic E-state index is 12.3. The smallest absolute Gasteiger partial charge is 0.341 e. The Morgan fingerprint density at radius 2 is 1.92 bits per heavy atom. The number of hydrogen-bond acceptors (Lipinski definition) is 5. The van der Waals surface area contributed by atoms with Crippen molar-refractivity contribution < 1.29 is 14.3 Å². The predicted octanol–water partition coefficient (Wildman–Crippen LogP) is 3.66. The molecule has 0 aliphatic rings. The molecule has 2 atom stereocenters. The highest BCUT2D eigenvalue weighted by molar-refractivity contribution is 7.98. The monoisotopic (exact) mass is 372 g/mol. The number of carbonyl (C=O) groups is 2. The highest BCUT2D eigenvalue weighted by atomic mass is 32.2. The van der Waals surface area contributed by atoms with Gasteiger partial charge >= 0.3 is 5.97 Å². The lowest BCUT2D eigenvalue weighted by Gasteiger charge is -2.18. The van der Waals surface area contributed by atoms with Crippen molar-refractivity contribution in [1.82, 2.24) is 10.3 Å². The van der Waals surface area contributed by atoms with Crippen LogP contribution in [-0.2, 0) is 9.53 Å². The number of hydrogen-bond donors (Lipinski definition) is 1. The van der Waals surface area contributed by atoms with Gasteiger partial charge in [-0.05, 0) is 37.3 Å². The number of nitrogens with zero attached hydrogens (tertiary/aromatic N) is 1. The number of carbonyl (C=O) groups excluding carboxylic acids is 2. The van der Waals surface area contributed by atoms with Gasteiger partial charge < -0.3 is 10.1 Å². The van der Waals surface area contributed by atoms with Crippen LogP contribution in [0.5, 0.6) is 0 Å². The Morgan fingerprint density at radius 3 is 2.58 bits per heavy atom. The molecule has 1 N–H and O–H groups in total. The van der Waals surface area contributed by atoms with Crippen LogP contribution in [0.3, 0.4) is 0 Å². The largest absolute Gasteiger partial charge is 0.449 e. The van der Waals surface area contributed by atoms with E-state index in [4.69, 9.17) is 4.74 Å². The van der Waals surface area contributed by atoms with Crippen LogP contribution in [0.4, 0.5) is 0 Å². The molecule has 0 aliphatic carbocycles. The normalized spacial score (nSPS) is 12.9. The molecule has 0 saturated heterocycles. The minimum Gasteiger partial charge on any atom is -0.449 e. The van der Waals surface area contributed by atoms with E-state index in [0.717, 1.165) is 6.42 Å². The van der Waals surface area contributed by atoms with Gasteiger partial charge in [0.25, 0.3) is 5.91 Å². The van der Waals surface area contributed by atoms with Gasteiger partial charge in [-0.2, -0.15) is 0 Å². The van der Waals surface area contributed by atoms with Crippen molar-refractivity contribution in [2.45, 2.75) is 37.3 Å². The zero-order chi connectivity index (χ0) is 18.9. The molecular weight excluding hydrogens is 348 g/mol. The summed E-state index contributed by atoms with van der Waals surface area (Å²) in [5, 5.41) is 3.46. The Kier molecular flexibility index (Phi) is 7.66. The van der Waals surface area contributed by atoms with Gasteiger partial charge in [-0.1, -0.05) is 37.3 Å². The molecule has 138 valence electrons. The molecule has 0 bridgehead atoms. The van der Waals surface area contributed by atoms with Gasteiger partial charge in [0, 0.05) is 18.7 Å². The topological polar surface area (TPSA) is 68.3 Å². The van der Waals surface area contributed by atoms with E-state index in [1.165, 1.54) is 17.3 Å². The molecule has 5 nitrogen and oxygen atoms in total. The zero-order valence-corrected chi connectivity index (χ0v) is 16.1. The SMILES string of the molecule is CC[C@H](CNC(=O)[C@H](C)OC(=O)c1cccnc1SC)c1ccccc1. The third kappa shape index (κ3) is 5.33. The number of aromatic nitrogens is 1. The molecule has 0 unspecified atom stereocenters. The van der Waals surface area contributed by atoms with Crippen molar-refractivity contribution >= 4 is 23.6 Å². The van der Waals surface area contributed by atoms with Gasteiger partial charge in [-0.25, -0.2) is 9.78 Å². The standard InChI is InChI=1S/C20H24N2O3S/c1-4-15(16-9-6-5-7-10-16)13-22-18(23)14(2)25-20(24)17-11-8-12-21-19(17)26-3/h5-12,14-15H,4,13H2,1-3H3,(H,22,23)/t14-,15+/m0/s1. The lowest BCUT2D eigenvalue weighted by Crippen LogP contribution is -2.38. The first-order valence-electron chi connectivity index (χ1n) is 8.59. The quantitative estimate of drug-likeness (QED) is 0.566. The van der Waals surface area contributed by atoms with E-state index < -0.39 is 12.1 Å². The predicted molar refractivity (Wildman–Crippen MR) is 103 cm³/mol. The summed E-state index contributed by atoms with van der Waals surface area (Å²) < 4.78 is 5.31. The second-order valence-corrected chi connectivity index (χ2v) is 6.66. The van der Waals surface area contributed by atoms with E-state index in [0.29, 0.717) is 17.1 Å². The molecule has 1 heterocycles. The molecule has 26 heavy (non-hydrogen) atoms. The molecule has 1 aromatic carbocycles. The Balaban J connectivity index is 1.92. The second-order valence-electron chi connectivity index (χ2n) is 5.87. The van der Waals surface area contributed by atoms with E-state index >= 15 is 0 Å². The van der Waals surface area contributed by atoms with Crippen LogP contribution < -0.4 is 5.32 Å². The van der Waals surface area contributed by atoms with Crippen LogP contribution in [0, 0.1) is 0 Å². The van der Waals surface area contributed by atoms with Crippen molar-refractivity contribution in [3.05, 3.63) is 59.8 Å². The van der Waals surface area contributed by atoms with Crippen LogP contribution >= 0.6 is 11.8 Å². The lowest BCUT2D eigenvalue weighted by molar-refractivity contribution is -0.129. The lowest BCUT2D eigenvalue weighted by atomic mass is 9.96. The number of amides is 1. The van der Waals surface area contributed by atoms with Crippen LogP contribution in [-0.4, -0.2) is 35.8 Å².